The van der Waals surface area contributed by atoms with Gasteiger partial charge in [0.25, 0.3) is 0 Å². The van der Waals surface area contributed by atoms with Crippen LogP contribution in [0.5, 0.6) is 0 Å². The molecular formula is C7H2Cl2F4. The third kappa shape index (κ3) is 2.06. The van der Waals surface area contributed by atoms with Gasteiger partial charge in [0.05, 0.1) is 15.6 Å². The van der Waals surface area contributed by atoms with Crippen LogP contribution in [0.1, 0.15) is 5.56 Å². The molecule has 0 aromatic heterocycles. The van der Waals surface area contributed by atoms with Crippen LogP contribution in [0, 0.1) is 5.82 Å². The van der Waals surface area contributed by atoms with Crippen LogP contribution in [0.25, 0.3) is 0 Å². The van der Waals surface area contributed by atoms with Crippen molar-refractivity contribution < 1.29 is 17.6 Å². The number of hydrogen-bond acceptors (Lipinski definition) is 0. The molecule has 0 aliphatic heterocycles. The summed E-state index contributed by atoms with van der Waals surface area (Å²) in [6.07, 6.45) is -4.62. The number of halogens is 6. The first-order valence-corrected chi connectivity index (χ1v) is 3.80. The van der Waals surface area contributed by atoms with E-state index in [2.05, 4.69) is 0 Å². The van der Waals surface area contributed by atoms with Crippen molar-refractivity contribution >= 4 is 23.2 Å². The standard InChI is InChI=1S/C7H2Cl2F4/c8-5-3(7(11,12)13)1-2-4(10)6(5)9/h1-2H. The van der Waals surface area contributed by atoms with Crippen molar-refractivity contribution in [3.8, 4) is 0 Å². The van der Waals surface area contributed by atoms with Gasteiger partial charge in [-0.05, 0) is 12.1 Å². The minimum absolute atomic E-state index is 0.545. The molecule has 0 aliphatic rings. The molecule has 0 fully saturated rings. The highest BCUT2D eigenvalue weighted by molar-refractivity contribution is 6.42. The van der Waals surface area contributed by atoms with E-state index in [0.717, 1.165) is 0 Å². The molecular weight excluding hydrogens is 231 g/mol. The van der Waals surface area contributed by atoms with Crippen molar-refractivity contribution in [3.05, 3.63) is 33.6 Å². The number of hydrogen-bond donors (Lipinski definition) is 0. The van der Waals surface area contributed by atoms with Crippen LogP contribution in [-0.4, -0.2) is 0 Å². The molecule has 0 saturated heterocycles. The highest BCUT2D eigenvalue weighted by atomic mass is 35.5. The zero-order valence-corrected chi connectivity index (χ0v) is 7.43. The van der Waals surface area contributed by atoms with Gasteiger partial charge in [0, 0.05) is 0 Å². The Morgan fingerprint density at radius 1 is 1.00 bits per heavy atom. The smallest absolute Gasteiger partial charge is 0.205 e. The first kappa shape index (κ1) is 10.6. The summed E-state index contributed by atoms with van der Waals surface area (Å²) in [7, 11) is 0. The second-order valence-corrected chi connectivity index (χ2v) is 2.98. The lowest BCUT2D eigenvalue weighted by Crippen LogP contribution is -2.06. The summed E-state index contributed by atoms with van der Waals surface area (Å²) in [4.78, 5) is 0. The number of rotatable bonds is 0. The first-order chi connectivity index (χ1) is 5.84. The molecule has 13 heavy (non-hydrogen) atoms. The van der Waals surface area contributed by atoms with E-state index >= 15 is 0 Å². The van der Waals surface area contributed by atoms with Crippen molar-refractivity contribution in [2.45, 2.75) is 6.18 Å². The van der Waals surface area contributed by atoms with E-state index in [0.29, 0.717) is 12.1 Å². The van der Waals surface area contributed by atoms with Gasteiger partial charge in [-0.3, -0.25) is 0 Å². The quantitative estimate of drug-likeness (QED) is 0.466. The van der Waals surface area contributed by atoms with E-state index in [9.17, 15) is 17.6 Å². The summed E-state index contributed by atoms with van der Waals surface area (Å²) < 4.78 is 48.8. The summed E-state index contributed by atoms with van der Waals surface area (Å²) in [5, 5.41) is -1.52. The van der Waals surface area contributed by atoms with E-state index in [-0.39, 0.29) is 0 Å². The van der Waals surface area contributed by atoms with Gasteiger partial charge < -0.3 is 0 Å². The summed E-state index contributed by atoms with van der Waals surface area (Å²) in [5.74, 6) is -0.973. The summed E-state index contributed by atoms with van der Waals surface area (Å²) in [6, 6.07) is 1.17. The fourth-order valence-electron chi connectivity index (χ4n) is 0.745. The SMILES string of the molecule is Fc1ccc(C(F)(F)F)c(Cl)c1Cl. The van der Waals surface area contributed by atoms with Crippen LogP contribution < -0.4 is 0 Å². The topological polar surface area (TPSA) is 0 Å². The molecule has 0 unspecified atom stereocenters. The van der Waals surface area contributed by atoms with Crippen LogP contribution >= 0.6 is 23.2 Å². The van der Waals surface area contributed by atoms with Gasteiger partial charge in [-0.15, -0.1) is 0 Å². The van der Waals surface area contributed by atoms with E-state index in [1.54, 1.807) is 0 Å². The molecule has 0 bridgehead atoms. The van der Waals surface area contributed by atoms with Crippen molar-refractivity contribution in [3.63, 3.8) is 0 Å². The van der Waals surface area contributed by atoms with Crippen molar-refractivity contribution in [1.82, 2.24) is 0 Å². The molecule has 1 aromatic rings. The van der Waals surface area contributed by atoms with Crippen LogP contribution in [0.3, 0.4) is 0 Å². The second kappa shape index (κ2) is 3.35. The maximum Gasteiger partial charge on any atom is 0.417 e. The largest absolute Gasteiger partial charge is 0.417 e. The molecule has 0 nitrogen and oxygen atoms in total. The molecule has 72 valence electrons. The van der Waals surface area contributed by atoms with Gasteiger partial charge in [-0.2, -0.15) is 13.2 Å². The van der Waals surface area contributed by atoms with Crippen molar-refractivity contribution in [2.24, 2.45) is 0 Å². The monoisotopic (exact) mass is 232 g/mol. The summed E-state index contributed by atoms with van der Waals surface area (Å²) >= 11 is 10.4. The predicted octanol–water partition coefficient (Wildman–Crippen LogP) is 4.15. The van der Waals surface area contributed by atoms with Crippen LogP contribution in [0.4, 0.5) is 17.6 Å². The van der Waals surface area contributed by atoms with E-state index in [1.165, 1.54) is 0 Å². The first-order valence-electron chi connectivity index (χ1n) is 3.04. The van der Waals surface area contributed by atoms with Gasteiger partial charge >= 0.3 is 6.18 Å². The zero-order chi connectivity index (χ0) is 10.2. The highest BCUT2D eigenvalue weighted by Crippen LogP contribution is 2.38. The van der Waals surface area contributed by atoms with Crippen molar-refractivity contribution in [1.29, 1.82) is 0 Å². The summed E-state index contributed by atoms with van der Waals surface area (Å²) in [5.41, 5.74) is -1.14. The fourth-order valence-corrected chi connectivity index (χ4v) is 1.17. The Labute approximate surface area is 81.1 Å². The zero-order valence-electron chi connectivity index (χ0n) is 5.92. The molecule has 0 spiro atoms. The molecule has 6 heteroatoms. The van der Waals surface area contributed by atoms with Gasteiger partial charge in [0.15, 0.2) is 0 Å². The fraction of sp³-hybridized carbons (Fsp3) is 0.143. The Morgan fingerprint density at radius 3 is 2.00 bits per heavy atom. The Kier molecular flexibility index (Phi) is 2.73. The van der Waals surface area contributed by atoms with E-state index < -0.39 is 27.6 Å². The Hall–Kier alpha value is -0.480. The lowest BCUT2D eigenvalue weighted by atomic mass is 10.2. The highest BCUT2D eigenvalue weighted by Gasteiger charge is 2.34. The van der Waals surface area contributed by atoms with Crippen LogP contribution in [-0.2, 0) is 6.18 Å². The van der Waals surface area contributed by atoms with Gasteiger partial charge in [-0.1, -0.05) is 23.2 Å². The lowest BCUT2D eigenvalue weighted by molar-refractivity contribution is -0.137. The molecule has 0 heterocycles. The molecule has 1 aromatic carbocycles. The third-order valence-corrected chi connectivity index (χ3v) is 2.20. The normalized spacial score (nSPS) is 11.8. The Balaban J connectivity index is 3.35. The Bertz CT molecular complexity index is 332. The average Bonchev–Trinajstić information content (AvgIpc) is 1.98. The van der Waals surface area contributed by atoms with Gasteiger partial charge in [-0.25, -0.2) is 4.39 Å². The minimum Gasteiger partial charge on any atom is -0.205 e. The average molecular weight is 233 g/mol. The molecule has 0 N–H and O–H groups in total. The lowest BCUT2D eigenvalue weighted by Gasteiger charge is -2.09. The molecule has 0 saturated carbocycles. The predicted molar refractivity (Wildman–Crippen MR) is 41.4 cm³/mol. The van der Waals surface area contributed by atoms with E-state index in [1.807, 2.05) is 0 Å². The van der Waals surface area contributed by atoms with Gasteiger partial charge in [0.2, 0.25) is 0 Å². The summed E-state index contributed by atoms with van der Waals surface area (Å²) in [6.45, 7) is 0. The molecule has 0 amide bonds. The van der Waals surface area contributed by atoms with Gasteiger partial charge in [0.1, 0.15) is 5.82 Å². The van der Waals surface area contributed by atoms with Crippen LogP contribution in [0.2, 0.25) is 10.0 Å². The molecule has 0 radical (unpaired) electrons. The van der Waals surface area contributed by atoms with Crippen LogP contribution in [0.15, 0.2) is 12.1 Å². The van der Waals surface area contributed by atoms with Crippen molar-refractivity contribution in [2.75, 3.05) is 0 Å². The second-order valence-electron chi connectivity index (χ2n) is 2.22. The van der Waals surface area contributed by atoms with E-state index in [4.69, 9.17) is 23.2 Å². The Morgan fingerprint density at radius 2 is 1.54 bits per heavy atom. The number of benzene rings is 1. The maximum atomic E-state index is 12.6. The number of alkyl halides is 3. The molecule has 0 atom stereocenters. The third-order valence-electron chi connectivity index (χ3n) is 1.34. The molecule has 0 aliphatic carbocycles. The maximum absolute atomic E-state index is 12.6. The minimum atomic E-state index is -4.62. The molecule has 1 rings (SSSR count).